The summed E-state index contributed by atoms with van der Waals surface area (Å²) in [7, 11) is -3.67. The highest BCUT2D eigenvalue weighted by Gasteiger charge is 2.44. The lowest BCUT2D eigenvalue weighted by Gasteiger charge is -2.41. The van der Waals surface area contributed by atoms with Gasteiger partial charge in [-0.3, -0.25) is 9.59 Å². The molecule has 0 bridgehead atoms. The monoisotopic (exact) mass is 485 g/mol. The van der Waals surface area contributed by atoms with Crippen molar-refractivity contribution < 1.29 is 18.0 Å². The van der Waals surface area contributed by atoms with E-state index >= 15 is 0 Å². The highest BCUT2D eigenvalue weighted by atomic mass is 32.2. The Labute approximate surface area is 200 Å². The quantitative estimate of drug-likeness (QED) is 0.673. The third-order valence-electron chi connectivity index (χ3n) is 7.70. The van der Waals surface area contributed by atoms with E-state index in [1.54, 1.807) is 4.90 Å². The number of fused-ring (bicyclic) bond motifs is 1. The SMILES string of the molecule is N#CC1CN(S(=O)(=O)N2CCC[C@H](C(=O)N3CCC[C@@H]3C(=O)NC3CCc4ccccc43)C2)C1. The first kappa shape index (κ1) is 23.3. The van der Waals surface area contributed by atoms with Crippen LogP contribution in [-0.2, 0) is 26.2 Å². The molecule has 1 N–H and O–H groups in total. The summed E-state index contributed by atoms with van der Waals surface area (Å²) >= 11 is 0. The standard InChI is InChI=1S/C24H31N5O4S/c25-13-17-14-28(15-17)34(32,33)27-11-3-6-19(16-27)24(31)29-12-4-8-22(29)23(30)26-21-10-9-18-5-1-2-7-20(18)21/h1-2,5,7,17,19,21-22H,3-4,6,8-12,14-16H2,(H,26,30)/t19-,21?,22+/m0/s1. The van der Waals surface area contributed by atoms with Crippen LogP contribution in [0.2, 0.25) is 0 Å². The second-order valence-electron chi connectivity index (χ2n) is 9.84. The average molecular weight is 486 g/mol. The summed E-state index contributed by atoms with van der Waals surface area (Å²) in [5.74, 6) is -0.941. The maximum Gasteiger partial charge on any atom is 0.282 e. The number of likely N-dealkylation sites (tertiary alicyclic amines) is 1. The van der Waals surface area contributed by atoms with E-state index in [0.717, 1.165) is 24.8 Å². The van der Waals surface area contributed by atoms with Crippen LogP contribution in [0.5, 0.6) is 0 Å². The number of rotatable bonds is 5. The summed E-state index contributed by atoms with van der Waals surface area (Å²) < 4.78 is 28.6. The largest absolute Gasteiger partial charge is 0.347 e. The molecule has 0 aromatic heterocycles. The number of piperidine rings is 1. The number of nitrogens with one attached hydrogen (secondary N) is 1. The van der Waals surface area contributed by atoms with Gasteiger partial charge >= 0.3 is 0 Å². The predicted octanol–water partition coefficient (Wildman–Crippen LogP) is 1.19. The Balaban J connectivity index is 1.22. The molecule has 10 heteroatoms. The third kappa shape index (κ3) is 4.21. The Hall–Kier alpha value is -2.48. The zero-order valence-electron chi connectivity index (χ0n) is 19.2. The van der Waals surface area contributed by atoms with E-state index in [0.29, 0.717) is 32.4 Å². The maximum absolute atomic E-state index is 13.4. The van der Waals surface area contributed by atoms with Crippen LogP contribution in [0.3, 0.4) is 0 Å². The van der Waals surface area contributed by atoms with Gasteiger partial charge in [0, 0.05) is 32.7 Å². The van der Waals surface area contributed by atoms with Crippen LogP contribution in [0, 0.1) is 23.2 Å². The smallest absolute Gasteiger partial charge is 0.282 e. The van der Waals surface area contributed by atoms with Gasteiger partial charge in [0.25, 0.3) is 10.2 Å². The molecule has 3 aliphatic heterocycles. The molecule has 5 rings (SSSR count). The molecular formula is C24H31N5O4S. The number of aryl methyl sites for hydroxylation is 1. The van der Waals surface area contributed by atoms with Gasteiger partial charge in [0.2, 0.25) is 11.8 Å². The van der Waals surface area contributed by atoms with E-state index in [9.17, 15) is 18.0 Å². The molecule has 3 fully saturated rings. The number of carbonyl (C=O) groups is 2. The summed E-state index contributed by atoms with van der Waals surface area (Å²) in [5.41, 5.74) is 2.42. The Morgan fingerprint density at radius 2 is 1.76 bits per heavy atom. The molecule has 9 nitrogen and oxygen atoms in total. The third-order valence-corrected chi connectivity index (χ3v) is 9.64. The van der Waals surface area contributed by atoms with Gasteiger partial charge in [-0.05, 0) is 49.7 Å². The number of hydrogen-bond donors (Lipinski definition) is 1. The van der Waals surface area contributed by atoms with Gasteiger partial charge in [0.1, 0.15) is 6.04 Å². The molecule has 1 aromatic carbocycles. The van der Waals surface area contributed by atoms with Crippen LogP contribution in [0.15, 0.2) is 24.3 Å². The molecule has 182 valence electrons. The lowest BCUT2D eigenvalue weighted by atomic mass is 9.97. The van der Waals surface area contributed by atoms with Gasteiger partial charge in [-0.15, -0.1) is 0 Å². The van der Waals surface area contributed by atoms with Crippen molar-refractivity contribution in [1.29, 1.82) is 5.26 Å². The highest BCUT2D eigenvalue weighted by Crippen LogP contribution is 2.32. The summed E-state index contributed by atoms with van der Waals surface area (Å²) in [6, 6.07) is 9.71. The average Bonchev–Trinajstić information content (AvgIpc) is 3.46. The second-order valence-corrected chi connectivity index (χ2v) is 11.8. The van der Waals surface area contributed by atoms with Crippen molar-refractivity contribution in [1.82, 2.24) is 18.8 Å². The van der Waals surface area contributed by atoms with Gasteiger partial charge in [-0.25, -0.2) is 0 Å². The van der Waals surface area contributed by atoms with E-state index in [1.807, 2.05) is 12.1 Å². The molecule has 2 amide bonds. The van der Waals surface area contributed by atoms with Gasteiger partial charge in [-0.1, -0.05) is 24.3 Å². The van der Waals surface area contributed by atoms with E-state index in [-0.39, 0.29) is 43.4 Å². The van der Waals surface area contributed by atoms with Gasteiger partial charge in [-0.2, -0.15) is 22.3 Å². The van der Waals surface area contributed by atoms with Crippen LogP contribution in [-0.4, -0.2) is 72.5 Å². The first-order valence-corrected chi connectivity index (χ1v) is 13.6. The molecular weight excluding hydrogens is 454 g/mol. The van der Waals surface area contributed by atoms with Crippen molar-refractivity contribution in [2.75, 3.05) is 32.7 Å². The summed E-state index contributed by atoms with van der Waals surface area (Å²) in [5, 5.41) is 12.1. The molecule has 1 aromatic rings. The van der Waals surface area contributed by atoms with Crippen LogP contribution >= 0.6 is 0 Å². The summed E-state index contributed by atoms with van der Waals surface area (Å²) in [4.78, 5) is 28.3. The normalized spacial score (nSPS) is 28.2. The van der Waals surface area contributed by atoms with E-state index < -0.39 is 22.2 Å². The number of nitrogens with zero attached hydrogens (tertiary/aromatic N) is 4. The Morgan fingerprint density at radius 3 is 2.56 bits per heavy atom. The highest BCUT2D eigenvalue weighted by molar-refractivity contribution is 7.86. The fourth-order valence-corrected chi connectivity index (χ4v) is 7.53. The first-order valence-electron chi connectivity index (χ1n) is 12.2. The Kier molecular flexibility index (Phi) is 6.35. The maximum atomic E-state index is 13.4. The molecule has 0 saturated carbocycles. The fourth-order valence-electron chi connectivity index (χ4n) is 5.74. The van der Waals surface area contributed by atoms with Crippen molar-refractivity contribution in [3.8, 4) is 6.07 Å². The summed E-state index contributed by atoms with van der Waals surface area (Å²) in [6.07, 6.45) is 4.42. The second kappa shape index (κ2) is 9.29. The Morgan fingerprint density at radius 1 is 1.00 bits per heavy atom. The van der Waals surface area contributed by atoms with Crippen LogP contribution < -0.4 is 5.32 Å². The lowest BCUT2D eigenvalue weighted by molar-refractivity contribution is -0.142. The van der Waals surface area contributed by atoms with Gasteiger partial charge < -0.3 is 10.2 Å². The molecule has 1 unspecified atom stereocenters. The fraction of sp³-hybridized carbons (Fsp3) is 0.625. The minimum absolute atomic E-state index is 0.0228. The van der Waals surface area contributed by atoms with Crippen LogP contribution in [0.25, 0.3) is 0 Å². The zero-order valence-corrected chi connectivity index (χ0v) is 20.0. The van der Waals surface area contributed by atoms with E-state index in [1.165, 1.54) is 14.2 Å². The molecule has 0 spiro atoms. The molecule has 3 atom stereocenters. The van der Waals surface area contributed by atoms with Crippen molar-refractivity contribution in [3.05, 3.63) is 35.4 Å². The van der Waals surface area contributed by atoms with Gasteiger partial charge in [0.15, 0.2) is 0 Å². The molecule has 4 aliphatic rings. The van der Waals surface area contributed by atoms with E-state index in [4.69, 9.17) is 5.26 Å². The molecule has 3 heterocycles. The molecule has 0 radical (unpaired) electrons. The first-order chi connectivity index (χ1) is 16.4. The van der Waals surface area contributed by atoms with Gasteiger partial charge in [0.05, 0.1) is 23.9 Å². The van der Waals surface area contributed by atoms with Crippen LogP contribution in [0.4, 0.5) is 0 Å². The zero-order chi connectivity index (χ0) is 23.9. The molecule has 1 aliphatic carbocycles. The Bertz CT molecular complexity index is 1110. The van der Waals surface area contributed by atoms with Crippen molar-refractivity contribution in [3.63, 3.8) is 0 Å². The molecule has 34 heavy (non-hydrogen) atoms. The topological polar surface area (TPSA) is 114 Å². The molecule has 3 saturated heterocycles. The number of nitriles is 1. The lowest BCUT2D eigenvalue weighted by Crippen LogP contribution is -2.57. The van der Waals surface area contributed by atoms with E-state index in [2.05, 4.69) is 23.5 Å². The van der Waals surface area contributed by atoms with Crippen LogP contribution in [0.1, 0.15) is 49.3 Å². The van der Waals surface area contributed by atoms with Crippen molar-refractivity contribution in [2.24, 2.45) is 11.8 Å². The van der Waals surface area contributed by atoms with Crippen molar-refractivity contribution in [2.45, 2.75) is 50.6 Å². The van der Waals surface area contributed by atoms with Crippen molar-refractivity contribution >= 4 is 22.0 Å². The number of carbonyl (C=O) groups excluding carboxylic acids is 2. The minimum Gasteiger partial charge on any atom is -0.347 e. The number of hydrogen-bond acceptors (Lipinski definition) is 5. The minimum atomic E-state index is -3.67. The summed E-state index contributed by atoms with van der Waals surface area (Å²) in [6.45, 7) is 1.47. The number of benzene rings is 1. The number of amides is 2. The predicted molar refractivity (Wildman–Crippen MR) is 124 cm³/mol.